The monoisotopic (exact) mass is 391 g/mol. The molecule has 0 bridgehead atoms. The molecule has 0 radical (unpaired) electrons. The predicted octanol–water partition coefficient (Wildman–Crippen LogP) is 4.49. The van der Waals surface area contributed by atoms with Crippen molar-refractivity contribution in [2.45, 2.75) is 20.4 Å². The molecule has 0 aliphatic carbocycles. The van der Waals surface area contributed by atoms with Crippen LogP contribution in [0.3, 0.4) is 0 Å². The van der Waals surface area contributed by atoms with E-state index < -0.39 is 5.56 Å². The van der Waals surface area contributed by atoms with Crippen molar-refractivity contribution in [3.05, 3.63) is 91.7 Å². The number of aromatic hydroxyl groups is 1. The molecule has 3 rings (SSSR count). The zero-order valence-corrected chi connectivity index (χ0v) is 16.2. The highest BCUT2D eigenvalue weighted by atomic mass is 35.5. The van der Waals surface area contributed by atoms with E-state index in [2.05, 4.69) is 4.99 Å². The van der Waals surface area contributed by atoms with Crippen molar-refractivity contribution in [1.29, 1.82) is 5.26 Å². The molecule has 1 heterocycles. The molecule has 1 aromatic heterocycles. The van der Waals surface area contributed by atoms with Crippen molar-refractivity contribution in [3.63, 3.8) is 0 Å². The van der Waals surface area contributed by atoms with E-state index in [1.165, 1.54) is 10.8 Å². The van der Waals surface area contributed by atoms with Crippen molar-refractivity contribution in [2.75, 3.05) is 0 Å². The second kappa shape index (κ2) is 8.12. The van der Waals surface area contributed by atoms with Crippen molar-refractivity contribution >= 4 is 23.5 Å². The van der Waals surface area contributed by atoms with E-state index in [-0.39, 0.29) is 18.0 Å². The Labute approximate surface area is 167 Å². The normalized spacial score (nSPS) is 10.9. The van der Waals surface area contributed by atoms with Gasteiger partial charge in [-0.3, -0.25) is 14.4 Å². The van der Waals surface area contributed by atoms with Crippen molar-refractivity contribution in [3.8, 4) is 11.9 Å². The smallest absolute Gasteiger partial charge is 0.271 e. The number of hydrogen-bond acceptors (Lipinski definition) is 4. The summed E-state index contributed by atoms with van der Waals surface area (Å²) in [5.41, 5.74) is 2.53. The lowest BCUT2D eigenvalue weighted by molar-refractivity contribution is 0.413. The summed E-state index contributed by atoms with van der Waals surface area (Å²) in [5.74, 6) is -0.229. The largest absolute Gasteiger partial charge is 0.494 e. The Morgan fingerprint density at radius 2 is 1.93 bits per heavy atom. The van der Waals surface area contributed by atoms with Gasteiger partial charge in [0, 0.05) is 11.2 Å². The van der Waals surface area contributed by atoms with Crippen LogP contribution in [-0.4, -0.2) is 15.9 Å². The maximum Gasteiger partial charge on any atom is 0.271 e. The fourth-order valence-electron chi connectivity index (χ4n) is 2.84. The Morgan fingerprint density at radius 3 is 2.57 bits per heavy atom. The van der Waals surface area contributed by atoms with Gasteiger partial charge in [0.25, 0.3) is 5.56 Å². The molecule has 5 nitrogen and oxygen atoms in total. The van der Waals surface area contributed by atoms with Crippen molar-refractivity contribution in [1.82, 2.24) is 4.57 Å². The molecule has 0 spiro atoms. The molecule has 0 aliphatic rings. The van der Waals surface area contributed by atoms with Gasteiger partial charge in [0.05, 0.1) is 17.8 Å². The summed E-state index contributed by atoms with van der Waals surface area (Å²) in [4.78, 5) is 17.0. The summed E-state index contributed by atoms with van der Waals surface area (Å²) in [6, 6.07) is 16.6. The van der Waals surface area contributed by atoms with E-state index in [0.717, 1.165) is 11.1 Å². The maximum absolute atomic E-state index is 12.7. The number of pyridine rings is 1. The second-order valence-corrected chi connectivity index (χ2v) is 6.82. The molecule has 28 heavy (non-hydrogen) atoms. The summed E-state index contributed by atoms with van der Waals surface area (Å²) in [6.45, 7) is 3.66. The number of aliphatic imine (C=N–C) groups is 1. The zero-order valence-electron chi connectivity index (χ0n) is 15.5. The van der Waals surface area contributed by atoms with Crippen LogP contribution in [0.4, 0.5) is 5.69 Å². The van der Waals surface area contributed by atoms with Crippen LogP contribution in [0.1, 0.15) is 27.8 Å². The summed E-state index contributed by atoms with van der Waals surface area (Å²) in [7, 11) is 0. The highest BCUT2D eigenvalue weighted by Crippen LogP contribution is 2.24. The van der Waals surface area contributed by atoms with Crippen LogP contribution in [0, 0.1) is 25.2 Å². The molecular weight excluding hydrogens is 374 g/mol. The van der Waals surface area contributed by atoms with Crippen molar-refractivity contribution < 1.29 is 5.11 Å². The third-order valence-electron chi connectivity index (χ3n) is 4.53. The van der Waals surface area contributed by atoms with E-state index in [9.17, 15) is 15.2 Å². The average Bonchev–Trinajstić information content (AvgIpc) is 2.69. The van der Waals surface area contributed by atoms with Gasteiger partial charge in [-0.25, -0.2) is 0 Å². The Hall–Kier alpha value is -3.36. The van der Waals surface area contributed by atoms with Crippen LogP contribution in [0.15, 0.2) is 58.3 Å². The third kappa shape index (κ3) is 3.83. The highest BCUT2D eigenvalue weighted by Gasteiger charge is 2.18. The Bertz CT molecular complexity index is 1160. The summed E-state index contributed by atoms with van der Waals surface area (Å²) >= 11 is 6.13. The maximum atomic E-state index is 12.7. The topological polar surface area (TPSA) is 78.4 Å². The molecule has 0 atom stereocenters. The lowest BCUT2D eigenvalue weighted by Gasteiger charge is -2.14. The van der Waals surface area contributed by atoms with Crippen LogP contribution in [0.2, 0.25) is 5.02 Å². The highest BCUT2D eigenvalue weighted by molar-refractivity contribution is 6.31. The zero-order chi connectivity index (χ0) is 20.3. The van der Waals surface area contributed by atoms with E-state index in [0.29, 0.717) is 21.8 Å². The van der Waals surface area contributed by atoms with Crippen LogP contribution >= 0.6 is 11.6 Å². The molecule has 2 aromatic carbocycles. The first kappa shape index (κ1) is 19.4. The lowest BCUT2D eigenvalue weighted by Crippen LogP contribution is -2.25. The number of hydrogen-bond donors (Lipinski definition) is 1. The van der Waals surface area contributed by atoms with Gasteiger partial charge in [0.15, 0.2) is 0 Å². The van der Waals surface area contributed by atoms with Gasteiger partial charge in [0.1, 0.15) is 11.6 Å². The molecule has 0 saturated heterocycles. The molecule has 0 saturated carbocycles. The fraction of sp³-hybridized carbons (Fsp3) is 0.136. The number of aryl methyl sites for hydroxylation is 1. The SMILES string of the molecule is Cc1ccc(N=Cc2c(C)c(C#N)c(=O)n(Cc3ccccc3)c2O)cc1Cl. The van der Waals surface area contributed by atoms with Crippen molar-refractivity contribution in [2.24, 2.45) is 4.99 Å². The fourth-order valence-corrected chi connectivity index (χ4v) is 3.01. The minimum Gasteiger partial charge on any atom is -0.494 e. The first-order valence-corrected chi connectivity index (χ1v) is 9.00. The number of aromatic nitrogens is 1. The van der Waals surface area contributed by atoms with Gasteiger partial charge in [-0.2, -0.15) is 5.26 Å². The van der Waals surface area contributed by atoms with Crippen LogP contribution in [0.25, 0.3) is 0 Å². The van der Waals surface area contributed by atoms with Crippen LogP contribution in [-0.2, 0) is 6.54 Å². The molecule has 0 amide bonds. The molecule has 0 fully saturated rings. The molecular formula is C22H18ClN3O2. The second-order valence-electron chi connectivity index (χ2n) is 6.42. The molecule has 1 N–H and O–H groups in total. The number of halogens is 1. The summed E-state index contributed by atoms with van der Waals surface area (Å²) < 4.78 is 1.18. The van der Waals surface area contributed by atoms with Gasteiger partial charge < -0.3 is 5.11 Å². The predicted molar refractivity (Wildman–Crippen MR) is 111 cm³/mol. The molecule has 0 unspecified atom stereocenters. The Balaban J connectivity index is 2.11. The standard InChI is InChI=1S/C22H18ClN3O2/c1-14-8-9-17(10-20(14)23)25-12-19-15(2)18(11-24)21(27)26(22(19)28)13-16-6-4-3-5-7-16/h3-10,12,28H,13H2,1-2H3. The molecule has 0 aliphatic heterocycles. The number of benzene rings is 2. The van der Waals surface area contributed by atoms with Crippen LogP contribution in [0.5, 0.6) is 5.88 Å². The third-order valence-corrected chi connectivity index (χ3v) is 4.94. The Morgan fingerprint density at radius 1 is 1.21 bits per heavy atom. The minimum absolute atomic E-state index is 0.0166. The van der Waals surface area contributed by atoms with Crippen LogP contribution < -0.4 is 5.56 Å². The average molecular weight is 392 g/mol. The minimum atomic E-state index is -0.531. The van der Waals surface area contributed by atoms with Gasteiger partial charge in [-0.15, -0.1) is 0 Å². The Kier molecular flexibility index (Phi) is 5.62. The number of nitriles is 1. The lowest BCUT2D eigenvalue weighted by atomic mass is 10.1. The molecule has 6 heteroatoms. The summed E-state index contributed by atoms with van der Waals surface area (Å²) in [5, 5.41) is 20.8. The molecule has 140 valence electrons. The van der Waals surface area contributed by atoms with Gasteiger partial charge in [0.2, 0.25) is 5.88 Å². The van der Waals surface area contributed by atoms with E-state index in [1.54, 1.807) is 19.1 Å². The first-order chi connectivity index (χ1) is 13.4. The van der Waals surface area contributed by atoms with Gasteiger partial charge in [-0.1, -0.05) is 48.0 Å². The first-order valence-electron chi connectivity index (χ1n) is 8.63. The van der Waals surface area contributed by atoms with Gasteiger partial charge >= 0.3 is 0 Å². The molecule has 3 aromatic rings. The quantitative estimate of drug-likeness (QED) is 0.665. The van der Waals surface area contributed by atoms with E-state index in [1.807, 2.05) is 49.4 Å². The number of rotatable bonds is 4. The van der Waals surface area contributed by atoms with E-state index in [4.69, 9.17) is 11.6 Å². The van der Waals surface area contributed by atoms with Gasteiger partial charge in [-0.05, 0) is 42.7 Å². The van der Waals surface area contributed by atoms with E-state index >= 15 is 0 Å². The summed E-state index contributed by atoms with van der Waals surface area (Å²) in [6.07, 6.45) is 1.45. The number of nitrogens with zero attached hydrogens (tertiary/aromatic N) is 3.